The predicted molar refractivity (Wildman–Crippen MR) is 203 cm³/mol. The van der Waals surface area contributed by atoms with Gasteiger partial charge in [-0.1, -0.05) is 57.8 Å². The first-order chi connectivity index (χ1) is 26.1. The Balaban J connectivity index is 1.23. The van der Waals surface area contributed by atoms with Gasteiger partial charge in [-0.05, 0) is 67.2 Å². The lowest BCUT2D eigenvalue weighted by Crippen LogP contribution is -2.59. The summed E-state index contributed by atoms with van der Waals surface area (Å²) in [5.74, 6) is -3.70. The van der Waals surface area contributed by atoms with E-state index < -0.39 is 70.5 Å². The maximum Gasteiger partial charge on any atom is 0.319 e. The zero-order valence-corrected chi connectivity index (χ0v) is 31.7. The van der Waals surface area contributed by atoms with Gasteiger partial charge >= 0.3 is 6.03 Å². The number of amides is 7. The Morgan fingerprint density at radius 2 is 1.69 bits per heavy atom. The monoisotopic (exact) mass is 773 g/mol. The van der Waals surface area contributed by atoms with Crippen LogP contribution in [0.2, 0.25) is 5.02 Å². The van der Waals surface area contributed by atoms with Crippen LogP contribution in [0.25, 0.3) is 5.70 Å². The average molecular weight is 774 g/mol. The van der Waals surface area contributed by atoms with Gasteiger partial charge in [-0.15, -0.1) is 0 Å². The zero-order chi connectivity index (χ0) is 39.7. The Hall–Kier alpha value is -5.54. The highest BCUT2D eigenvalue weighted by atomic mass is 35.5. The number of imide groups is 1. The van der Waals surface area contributed by atoms with Crippen molar-refractivity contribution in [1.29, 1.82) is 0 Å². The maximum absolute atomic E-state index is 14.6. The van der Waals surface area contributed by atoms with Gasteiger partial charge in [0.1, 0.15) is 17.7 Å². The fourth-order valence-corrected chi connectivity index (χ4v) is 6.94. The van der Waals surface area contributed by atoms with Crippen LogP contribution in [0.1, 0.15) is 65.4 Å². The third-order valence-corrected chi connectivity index (χ3v) is 10.0. The standard InChI is InChI=1S/C39H44ClN7O8/c1-5-7-27(32(50)35(52)41-24-10-11-24)43-34(51)29-20-39(19-28(45-55-39)22-8-6-9-23(40)18-22)21-46(29)36(53)33(38(2,3)4)44-37(54)42-25-12-14-26(15-13-25)47-30(48)16-17-31(47)49/h6,8-9,12-19,24,27,29,33,45H,5,7,10-11,20-21H2,1-4H3,(H,41,52)(H,43,51)(H2,42,44,54)/t27-,29-,33+,39+/m0/s1. The molecule has 16 heteroatoms. The van der Waals surface area contributed by atoms with Crippen molar-refractivity contribution in [3.63, 3.8) is 0 Å². The minimum Gasteiger partial charge on any atom is -0.347 e. The van der Waals surface area contributed by atoms with E-state index in [-0.39, 0.29) is 25.4 Å². The van der Waals surface area contributed by atoms with E-state index in [0.29, 0.717) is 28.5 Å². The molecule has 6 rings (SSSR count). The van der Waals surface area contributed by atoms with E-state index in [1.54, 1.807) is 45.0 Å². The Kier molecular flexibility index (Phi) is 11.2. The molecule has 3 heterocycles. The summed E-state index contributed by atoms with van der Waals surface area (Å²) < 4.78 is 0. The number of halogens is 1. The molecule has 0 aromatic heterocycles. The number of anilines is 2. The second-order valence-electron chi connectivity index (χ2n) is 15.3. The second kappa shape index (κ2) is 15.7. The fraction of sp³-hybridized carbons (Fsp3) is 0.410. The number of rotatable bonds is 12. The topological polar surface area (TPSA) is 195 Å². The lowest BCUT2D eigenvalue weighted by molar-refractivity contribution is -0.144. The van der Waals surface area contributed by atoms with Gasteiger partial charge < -0.3 is 26.2 Å². The van der Waals surface area contributed by atoms with Crippen molar-refractivity contribution in [2.45, 2.75) is 89.6 Å². The number of likely N-dealkylation sites (tertiary alicyclic amines) is 1. The number of hydrogen-bond donors (Lipinski definition) is 5. The van der Waals surface area contributed by atoms with Gasteiger partial charge in [-0.25, -0.2) is 9.69 Å². The molecule has 15 nitrogen and oxygen atoms in total. The van der Waals surface area contributed by atoms with Crippen LogP contribution in [0.5, 0.6) is 0 Å². The Morgan fingerprint density at radius 1 is 1.00 bits per heavy atom. The Morgan fingerprint density at radius 3 is 2.31 bits per heavy atom. The van der Waals surface area contributed by atoms with Gasteiger partial charge in [0.25, 0.3) is 17.7 Å². The summed E-state index contributed by atoms with van der Waals surface area (Å²) in [5.41, 5.74) is 2.83. The fourth-order valence-electron chi connectivity index (χ4n) is 6.75. The van der Waals surface area contributed by atoms with Crippen molar-refractivity contribution in [1.82, 2.24) is 26.3 Å². The Labute approximate surface area is 323 Å². The lowest BCUT2D eigenvalue weighted by atomic mass is 9.85. The summed E-state index contributed by atoms with van der Waals surface area (Å²) in [6, 6.07) is 8.92. The SMILES string of the molecule is CCC[C@H](NC(=O)[C@@H]1C[C@]2(C=C(c3cccc(Cl)c3)NO2)CN1C(=O)[C@@H](NC(=O)Nc1ccc(N2C(=O)C=CC2=O)cc1)C(C)(C)C)C(=O)C(=O)NC1CC1. The molecule has 3 aliphatic heterocycles. The van der Waals surface area contributed by atoms with Gasteiger partial charge in [0.2, 0.25) is 17.6 Å². The molecule has 5 N–H and O–H groups in total. The van der Waals surface area contributed by atoms with Crippen LogP contribution in [-0.4, -0.2) is 82.6 Å². The molecule has 55 heavy (non-hydrogen) atoms. The summed E-state index contributed by atoms with van der Waals surface area (Å²) in [5, 5.41) is 11.4. The quantitative estimate of drug-likeness (QED) is 0.159. The number of ketones is 1. The van der Waals surface area contributed by atoms with Gasteiger partial charge in [0.05, 0.1) is 24.0 Å². The number of Topliss-reactive ketones (excluding diaryl/α,β-unsaturated/α-hetero) is 1. The minimum absolute atomic E-state index is 0.00407. The molecular formula is C39H44ClN7O8. The molecule has 0 unspecified atom stereocenters. The smallest absolute Gasteiger partial charge is 0.319 e. The molecule has 4 atom stereocenters. The number of urea groups is 1. The van der Waals surface area contributed by atoms with E-state index in [4.69, 9.17) is 16.4 Å². The molecule has 0 radical (unpaired) electrons. The first-order valence-corrected chi connectivity index (χ1v) is 18.6. The van der Waals surface area contributed by atoms with Gasteiger partial charge in [-0.3, -0.25) is 39.1 Å². The summed E-state index contributed by atoms with van der Waals surface area (Å²) in [7, 11) is 0. The van der Waals surface area contributed by atoms with Crippen LogP contribution in [0.3, 0.4) is 0 Å². The molecule has 2 aromatic rings. The number of nitrogens with one attached hydrogen (secondary N) is 5. The van der Waals surface area contributed by atoms with Crippen LogP contribution < -0.4 is 31.6 Å². The highest BCUT2D eigenvalue weighted by Gasteiger charge is 2.54. The van der Waals surface area contributed by atoms with E-state index in [1.807, 2.05) is 13.0 Å². The van der Waals surface area contributed by atoms with Crippen LogP contribution in [-0.2, 0) is 33.6 Å². The van der Waals surface area contributed by atoms with Gasteiger partial charge in [0, 0.05) is 40.9 Å². The molecule has 1 saturated heterocycles. The van der Waals surface area contributed by atoms with Crippen molar-refractivity contribution < 1.29 is 38.4 Å². The van der Waals surface area contributed by atoms with Crippen molar-refractivity contribution in [2.75, 3.05) is 16.8 Å². The van der Waals surface area contributed by atoms with E-state index in [9.17, 15) is 33.6 Å². The number of hydroxylamine groups is 1. The van der Waals surface area contributed by atoms with E-state index >= 15 is 0 Å². The largest absolute Gasteiger partial charge is 0.347 e. The molecule has 0 bridgehead atoms. The summed E-state index contributed by atoms with van der Waals surface area (Å²) in [6.45, 7) is 7.04. The van der Waals surface area contributed by atoms with Crippen LogP contribution in [0, 0.1) is 5.41 Å². The molecule has 7 amide bonds. The van der Waals surface area contributed by atoms with Gasteiger partial charge in [0.15, 0.2) is 0 Å². The van der Waals surface area contributed by atoms with Crippen molar-refractivity contribution in [3.05, 3.63) is 77.3 Å². The lowest BCUT2D eigenvalue weighted by Gasteiger charge is -2.35. The third-order valence-electron chi connectivity index (χ3n) is 9.77. The van der Waals surface area contributed by atoms with E-state index in [1.165, 1.54) is 41.3 Å². The first-order valence-electron chi connectivity index (χ1n) is 18.2. The summed E-state index contributed by atoms with van der Waals surface area (Å²) in [4.78, 5) is 101. The van der Waals surface area contributed by atoms with Crippen molar-refractivity contribution in [3.8, 4) is 0 Å². The molecule has 290 valence electrons. The molecule has 2 aromatic carbocycles. The number of carbonyl (C=O) groups excluding carboxylic acids is 7. The molecule has 2 fully saturated rings. The summed E-state index contributed by atoms with van der Waals surface area (Å²) in [6.07, 6.45) is 6.42. The highest BCUT2D eigenvalue weighted by molar-refractivity contribution is 6.38. The normalized spacial score (nSPS) is 21.5. The average Bonchev–Trinajstić information content (AvgIpc) is 3.57. The third kappa shape index (κ3) is 8.89. The van der Waals surface area contributed by atoms with Crippen LogP contribution in [0.4, 0.5) is 16.2 Å². The number of hydrogen-bond acceptors (Lipinski definition) is 9. The molecule has 1 spiro atoms. The molecule has 1 aliphatic carbocycles. The maximum atomic E-state index is 14.6. The Bertz CT molecular complexity index is 1950. The van der Waals surface area contributed by atoms with Crippen LogP contribution in [0.15, 0.2) is 66.8 Å². The summed E-state index contributed by atoms with van der Waals surface area (Å²) >= 11 is 6.25. The van der Waals surface area contributed by atoms with Gasteiger partial charge in [-0.2, -0.15) is 0 Å². The number of nitrogens with zero attached hydrogens (tertiary/aromatic N) is 2. The number of carbonyl (C=O) groups is 7. The van der Waals surface area contributed by atoms with Crippen molar-refractivity contribution >= 4 is 70.0 Å². The van der Waals surface area contributed by atoms with E-state index in [0.717, 1.165) is 23.3 Å². The predicted octanol–water partition coefficient (Wildman–Crippen LogP) is 3.35. The number of benzene rings is 2. The van der Waals surface area contributed by atoms with Crippen molar-refractivity contribution in [2.24, 2.45) is 5.41 Å². The highest BCUT2D eigenvalue weighted by Crippen LogP contribution is 2.39. The second-order valence-corrected chi connectivity index (χ2v) is 15.7. The first kappa shape index (κ1) is 39.2. The molecule has 1 saturated carbocycles. The van der Waals surface area contributed by atoms with E-state index in [2.05, 4.69) is 26.7 Å². The molecule has 4 aliphatic rings. The van der Waals surface area contributed by atoms with Crippen LogP contribution >= 0.6 is 11.6 Å². The minimum atomic E-state index is -1.18. The molecular weight excluding hydrogens is 730 g/mol. The zero-order valence-electron chi connectivity index (χ0n) is 30.9.